The van der Waals surface area contributed by atoms with Gasteiger partial charge in [-0.1, -0.05) is 30.3 Å². The zero-order chi connectivity index (χ0) is 16.8. The number of amides is 1. The average molecular weight is 327 g/mol. The van der Waals surface area contributed by atoms with Crippen LogP contribution in [0.2, 0.25) is 0 Å². The van der Waals surface area contributed by atoms with Gasteiger partial charge in [-0.05, 0) is 30.7 Å². The smallest absolute Gasteiger partial charge is 0.471 e. The maximum absolute atomic E-state index is 13.0. The fourth-order valence-electron chi connectivity index (χ4n) is 3.84. The van der Waals surface area contributed by atoms with Gasteiger partial charge in [0.05, 0.1) is 5.41 Å². The van der Waals surface area contributed by atoms with Gasteiger partial charge in [0.15, 0.2) is 0 Å². The highest BCUT2D eigenvalue weighted by Gasteiger charge is 2.70. The summed E-state index contributed by atoms with van der Waals surface area (Å²) in [5.41, 5.74) is -0.648. The van der Waals surface area contributed by atoms with Crippen molar-refractivity contribution < 1.29 is 27.9 Å². The molecule has 1 unspecified atom stereocenters. The third-order valence-electron chi connectivity index (χ3n) is 5.01. The number of hydrogen-bond donors (Lipinski definition) is 1. The number of rotatable bonds is 4. The van der Waals surface area contributed by atoms with Crippen LogP contribution in [0.1, 0.15) is 24.8 Å². The number of nitrogens with zero attached hydrogens (tertiary/aromatic N) is 1. The number of carboxylic acids is 1. The van der Waals surface area contributed by atoms with E-state index in [2.05, 4.69) is 0 Å². The zero-order valence-corrected chi connectivity index (χ0v) is 12.2. The van der Waals surface area contributed by atoms with E-state index in [0.717, 1.165) is 4.90 Å². The lowest BCUT2D eigenvalue weighted by atomic mass is 9.95. The van der Waals surface area contributed by atoms with Crippen molar-refractivity contribution in [2.75, 3.05) is 0 Å². The summed E-state index contributed by atoms with van der Waals surface area (Å²) in [5, 5.41) is 9.46. The van der Waals surface area contributed by atoms with Gasteiger partial charge in [-0.15, -0.1) is 0 Å². The Kier molecular flexibility index (Phi) is 3.61. The molecule has 0 aromatic heterocycles. The molecule has 2 fully saturated rings. The summed E-state index contributed by atoms with van der Waals surface area (Å²) < 4.78 is 38.9. The first-order valence-corrected chi connectivity index (χ1v) is 7.42. The lowest BCUT2D eigenvalue weighted by Crippen LogP contribution is -2.51. The van der Waals surface area contributed by atoms with E-state index in [1.165, 1.54) is 0 Å². The molecule has 0 saturated heterocycles. The second-order valence-corrected chi connectivity index (χ2v) is 6.26. The number of benzene rings is 1. The van der Waals surface area contributed by atoms with E-state index in [0.29, 0.717) is 24.8 Å². The van der Waals surface area contributed by atoms with Crippen molar-refractivity contribution in [3.05, 3.63) is 35.9 Å². The van der Waals surface area contributed by atoms with Crippen LogP contribution in [0.15, 0.2) is 30.3 Å². The third-order valence-corrected chi connectivity index (χ3v) is 5.01. The van der Waals surface area contributed by atoms with Crippen molar-refractivity contribution in [3.8, 4) is 0 Å². The van der Waals surface area contributed by atoms with Crippen LogP contribution in [0, 0.1) is 11.3 Å². The number of carbonyl (C=O) groups excluding carboxylic acids is 1. The molecule has 3 rings (SSSR count). The second-order valence-electron chi connectivity index (χ2n) is 6.26. The maximum atomic E-state index is 13.0. The molecule has 0 bridgehead atoms. The molecule has 23 heavy (non-hydrogen) atoms. The summed E-state index contributed by atoms with van der Waals surface area (Å²) in [5.74, 6) is -3.18. The Bertz CT molecular complexity index is 631. The van der Waals surface area contributed by atoms with E-state index in [-0.39, 0.29) is 12.5 Å². The number of hydrogen-bond acceptors (Lipinski definition) is 2. The summed E-state index contributed by atoms with van der Waals surface area (Å²) >= 11 is 0. The second kappa shape index (κ2) is 5.25. The molecule has 1 N–H and O–H groups in total. The molecule has 3 atom stereocenters. The Labute approximate surface area is 130 Å². The molecule has 0 heterocycles. The topological polar surface area (TPSA) is 57.6 Å². The minimum absolute atomic E-state index is 0.121. The molecule has 0 radical (unpaired) electrons. The molecular formula is C16H16F3NO3. The number of halogens is 3. The molecule has 7 heteroatoms. The highest BCUT2D eigenvalue weighted by molar-refractivity contribution is 5.85. The zero-order valence-electron chi connectivity index (χ0n) is 12.2. The fourth-order valence-corrected chi connectivity index (χ4v) is 3.84. The predicted molar refractivity (Wildman–Crippen MR) is 74.2 cm³/mol. The first kappa shape index (κ1) is 15.8. The van der Waals surface area contributed by atoms with Gasteiger partial charge < -0.3 is 10.0 Å². The highest BCUT2D eigenvalue weighted by Crippen LogP contribution is 2.65. The number of fused-ring (bicyclic) bond motifs is 1. The SMILES string of the molecule is O=C(N(Cc1ccccc1)[C@@H]1CCC2C[C@@]21C(=O)O)C(F)(F)F. The van der Waals surface area contributed by atoms with Gasteiger partial charge in [0.25, 0.3) is 0 Å². The first-order valence-electron chi connectivity index (χ1n) is 7.42. The molecule has 124 valence electrons. The van der Waals surface area contributed by atoms with Crippen LogP contribution in [0.25, 0.3) is 0 Å². The van der Waals surface area contributed by atoms with Crippen molar-refractivity contribution >= 4 is 11.9 Å². The van der Waals surface area contributed by atoms with Crippen molar-refractivity contribution in [2.24, 2.45) is 11.3 Å². The van der Waals surface area contributed by atoms with Crippen molar-refractivity contribution in [1.29, 1.82) is 0 Å². The molecule has 2 aliphatic carbocycles. The minimum Gasteiger partial charge on any atom is -0.481 e. The predicted octanol–water partition coefficient (Wildman–Crippen LogP) is 2.83. The van der Waals surface area contributed by atoms with Crippen LogP contribution in [-0.4, -0.2) is 34.1 Å². The van der Waals surface area contributed by atoms with Gasteiger partial charge in [0.2, 0.25) is 0 Å². The van der Waals surface area contributed by atoms with Crippen LogP contribution in [0.4, 0.5) is 13.2 Å². The fraction of sp³-hybridized carbons (Fsp3) is 0.500. The van der Waals surface area contributed by atoms with E-state index in [4.69, 9.17) is 0 Å². The number of carbonyl (C=O) groups is 2. The van der Waals surface area contributed by atoms with E-state index in [9.17, 15) is 27.9 Å². The average Bonchev–Trinajstić information content (AvgIpc) is 3.12. The number of carboxylic acid groups (broad SMARTS) is 1. The Morgan fingerprint density at radius 2 is 1.87 bits per heavy atom. The minimum atomic E-state index is -5.01. The van der Waals surface area contributed by atoms with E-state index >= 15 is 0 Å². The van der Waals surface area contributed by atoms with Gasteiger partial charge >= 0.3 is 18.1 Å². The summed E-state index contributed by atoms with van der Waals surface area (Å²) in [6.45, 7) is -0.231. The van der Waals surface area contributed by atoms with Crippen molar-refractivity contribution in [2.45, 2.75) is 38.0 Å². The summed E-state index contributed by atoms with van der Waals surface area (Å²) in [7, 11) is 0. The van der Waals surface area contributed by atoms with E-state index in [1.54, 1.807) is 30.3 Å². The van der Waals surface area contributed by atoms with Crippen molar-refractivity contribution in [1.82, 2.24) is 4.90 Å². The monoisotopic (exact) mass is 327 g/mol. The number of aliphatic carboxylic acids is 1. The molecule has 1 amide bonds. The molecule has 2 aliphatic rings. The van der Waals surface area contributed by atoms with Crippen LogP contribution >= 0.6 is 0 Å². The summed E-state index contributed by atoms with van der Waals surface area (Å²) in [6.07, 6.45) is -3.82. The van der Waals surface area contributed by atoms with Crippen LogP contribution in [0.3, 0.4) is 0 Å². The standard InChI is InChI=1S/C16H16F3NO3/c17-16(18,19)13(21)20(9-10-4-2-1-3-5-10)12-7-6-11-8-15(11,12)14(22)23/h1-5,11-12H,6-9H2,(H,22,23)/t11?,12-,15-/m1/s1. The van der Waals surface area contributed by atoms with Gasteiger partial charge in [-0.3, -0.25) is 9.59 Å². The Morgan fingerprint density at radius 1 is 1.22 bits per heavy atom. The highest BCUT2D eigenvalue weighted by atomic mass is 19.4. The molecule has 2 saturated carbocycles. The number of alkyl halides is 3. The van der Waals surface area contributed by atoms with Gasteiger partial charge in [-0.2, -0.15) is 13.2 Å². The Morgan fingerprint density at radius 3 is 2.39 bits per heavy atom. The lowest BCUT2D eigenvalue weighted by Gasteiger charge is -2.34. The summed E-state index contributed by atoms with van der Waals surface area (Å²) in [6, 6.07) is 7.43. The molecule has 0 spiro atoms. The molecular weight excluding hydrogens is 311 g/mol. The van der Waals surface area contributed by atoms with E-state index in [1.807, 2.05) is 0 Å². The quantitative estimate of drug-likeness (QED) is 0.925. The first-order chi connectivity index (χ1) is 10.8. The van der Waals surface area contributed by atoms with Gasteiger partial charge in [-0.25, -0.2) is 0 Å². The molecule has 1 aromatic rings. The van der Waals surface area contributed by atoms with Crippen molar-refractivity contribution in [3.63, 3.8) is 0 Å². The lowest BCUT2D eigenvalue weighted by molar-refractivity contribution is -0.190. The Hall–Kier alpha value is -2.05. The maximum Gasteiger partial charge on any atom is 0.471 e. The molecule has 4 nitrogen and oxygen atoms in total. The largest absolute Gasteiger partial charge is 0.481 e. The van der Waals surface area contributed by atoms with Crippen LogP contribution in [0.5, 0.6) is 0 Å². The van der Waals surface area contributed by atoms with E-state index < -0.39 is 29.5 Å². The van der Waals surface area contributed by atoms with Crippen LogP contribution in [-0.2, 0) is 16.1 Å². The molecule has 1 aromatic carbocycles. The summed E-state index contributed by atoms with van der Waals surface area (Å²) in [4.78, 5) is 24.2. The van der Waals surface area contributed by atoms with Crippen LogP contribution < -0.4 is 0 Å². The normalized spacial score (nSPS) is 29.0. The Balaban J connectivity index is 1.93. The van der Waals surface area contributed by atoms with Gasteiger partial charge in [0, 0.05) is 12.6 Å². The molecule has 0 aliphatic heterocycles. The van der Waals surface area contributed by atoms with Gasteiger partial charge in [0.1, 0.15) is 0 Å². The third kappa shape index (κ3) is 2.58.